The molecule has 0 aromatic heterocycles. The molecule has 0 aliphatic carbocycles. The summed E-state index contributed by atoms with van der Waals surface area (Å²) in [4.78, 5) is 37.1. The molecule has 0 bridgehead atoms. The molecule has 1 fully saturated rings. The van der Waals surface area contributed by atoms with Gasteiger partial charge in [0, 0.05) is 22.7 Å². The molecule has 1 heterocycles. The number of carbonyl (C=O) groups excluding carboxylic acids is 2. The van der Waals surface area contributed by atoms with Crippen LogP contribution in [0.5, 0.6) is 11.5 Å². The van der Waals surface area contributed by atoms with Crippen LogP contribution in [-0.2, 0) is 17.9 Å². The van der Waals surface area contributed by atoms with Crippen LogP contribution in [0.1, 0.15) is 23.6 Å². The van der Waals surface area contributed by atoms with Crippen molar-refractivity contribution >= 4 is 46.3 Å². The number of nitro benzene ring substituents is 1. The number of ether oxygens (including phenoxy) is 2. The minimum atomic E-state index is -0.504. The average Bonchev–Trinajstić information content (AvgIpc) is 3.12. The standard InChI is InChI=1S/C26H21ClN2O6S/c1-2-34-23-13-18(9-12-22(23)35-16-19-5-3-4-6-21(19)27)14-24-25(30)28(26(31)36-24)15-17-7-10-20(11-8-17)29(32)33/h3-14H,2,15-16H2,1H3/b24-14+. The van der Waals surface area contributed by atoms with Crippen molar-refractivity contribution in [3.63, 3.8) is 0 Å². The summed E-state index contributed by atoms with van der Waals surface area (Å²) in [6, 6.07) is 18.4. The highest BCUT2D eigenvalue weighted by atomic mass is 35.5. The molecule has 3 aromatic carbocycles. The van der Waals surface area contributed by atoms with E-state index in [1.54, 1.807) is 30.3 Å². The summed E-state index contributed by atoms with van der Waals surface area (Å²) in [6.07, 6.45) is 1.63. The number of benzene rings is 3. The number of nitro groups is 1. The maximum absolute atomic E-state index is 12.9. The molecule has 4 rings (SSSR count). The zero-order valence-corrected chi connectivity index (χ0v) is 20.8. The third-order valence-electron chi connectivity index (χ3n) is 5.27. The van der Waals surface area contributed by atoms with Crippen molar-refractivity contribution in [3.05, 3.63) is 103 Å². The Labute approximate surface area is 216 Å². The van der Waals surface area contributed by atoms with Crippen LogP contribution < -0.4 is 9.47 Å². The molecule has 1 saturated heterocycles. The number of non-ortho nitro benzene ring substituents is 1. The summed E-state index contributed by atoms with van der Waals surface area (Å²) < 4.78 is 11.7. The highest BCUT2D eigenvalue weighted by molar-refractivity contribution is 8.18. The second-order valence-corrected chi connectivity index (χ2v) is 9.11. The first-order valence-corrected chi connectivity index (χ1v) is 12.2. The monoisotopic (exact) mass is 524 g/mol. The van der Waals surface area contributed by atoms with Crippen LogP contribution in [0.15, 0.2) is 71.6 Å². The maximum atomic E-state index is 12.9. The smallest absolute Gasteiger partial charge is 0.293 e. The SMILES string of the molecule is CCOc1cc(/C=C2/SC(=O)N(Cc3ccc([N+](=O)[O-])cc3)C2=O)ccc1OCc1ccccc1Cl. The third-order valence-corrected chi connectivity index (χ3v) is 6.54. The van der Waals surface area contributed by atoms with E-state index >= 15 is 0 Å². The highest BCUT2D eigenvalue weighted by Crippen LogP contribution is 2.36. The number of hydrogen-bond acceptors (Lipinski definition) is 7. The Bertz CT molecular complexity index is 1340. The van der Waals surface area contributed by atoms with Gasteiger partial charge in [-0.15, -0.1) is 0 Å². The Kier molecular flexibility index (Phi) is 7.92. The lowest BCUT2D eigenvalue weighted by atomic mass is 10.1. The fraction of sp³-hybridized carbons (Fsp3) is 0.154. The number of halogens is 1. The number of hydrogen-bond donors (Lipinski definition) is 0. The molecule has 0 unspecified atom stereocenters. The molecule has 0 atom stereocenters. The molecule has 0 saturated carbocycles. The Morgan fingerprint density at radius 2 is 1.78 bits per heavy atom. The Hall–Kier alpha value is -3.82. The van der Waals surface area contributed by atoms with Gasteiger partial charge in [0.2, 0.25) is 0 Å². The van der Waals surface area contributed by atoms with Crippen molar-refractivity contribution in [3.8, 4) is 11.5 Å². The zero-order valence-electron chi connectivity index (χ0n) is 19.2. The second kappa shape index (κ2) is 11.3. The Balaban J connectivity index is 1.49. The number of rotatable bonds is 9. The van der Waals surface area contributed by atoms with E-state index in [2.05, 4.69) is 0 Å². The van der Waals surface area contributed by atoms with E-state index in [1.165, 1.54) is 24.3 Å². The van der Waals surface area contributed by atoms with Gasteiger partial charge in [-0.05, 0) is 54.1 Å². The summed E-state index contributed by atoms with van der Waals surface area (Å²) in [6.45, 7) is 2.56. The van der Waals surface area contributed by atoms with E-state index in [0.717, 1.165) is 22.2 Å². The summed E-state index contributed by atoms with van der Waals surface area (Å²) in [5, 5.41) is 11.0. The molecule has 8 nitrogen and oxygen atoms in total. The van der Waals surface area contributed by atoms with Crippen molar-refractivity contribution in [2.24, 2.45) is 0 Å². The lowest BCUT2D eigenvalue weighted by molar-refractivity contribution is -0.384. The predicted octanol–water partition coefficient (Wildman–Crippen LogP) is 6.46. The van der Waals surface area contributed by atoms with Gasteiger partial charge in [-0.1, -0.05) is 48.0 Å². The minimum absolute atomic E-state index is 0.0268. The van der Waals surface area contributed by atoms with Crippen LogP contribution in [0.25, 0.3) is 6.08 Å². The Morgan fingerprint density at radius 1 is 1.03 bits per heavy atom. The fourth-order valence-corrected chi connectivity index (χ4v) is 4.49. The van der Waals surface area contributed by atoms with E-state index in [0.29, 0.717) is 34.3 Å². The molecule has 0 spiro atoms. The van der Waals surface area contributed by atoms with E-state index in [1.807, 2.05) is 25.1 Å². The van der Waals surface area contributed by atoms with Crippen LogP contribution in [0.4, 0.5) is 10.5 Å². The molecule has 184 valence electrons. The normalized spacial score (nSPS) is 14.4. The number of imide groups is 1. The average molecular weight is 525 g/mol. The summed E-state index contributed by atoms with van der Waals surface area (Å²) in [7, 11) is 0. The van der Waals surface area contributed by atoms with Gasteiger partial charge in [0.25, 0.3) is 16.8 Å². The van der Waals surface area contributed by atoms with Gasteiger partial charge >= 0.3 is 0 Å². The minimum Gasteiger partial charge on any atom is -0.490 e. The van der Waals surface area contributed by atoms with Gasteiger partial charge < -0.3 is 9.47 Å². The number of amides is 2. The molecule has 3 aromatic rings. The van der Waals surface area contributed by atoms with E-state index in [9.17, 15) is 19.7 Å². The van der Waals surface area contributed by atoms with Gasteiger partial charge in [0.1, 0.15) is 6.61 Å². The number of nitrogens with zero attached hydrogens (tertiary/aromatic N) is 2. The first kappa shape index (κ1) is 25.3. The van der Waals surface area contributed by atoms with Crippen molar-refractivity contribution in [2.75, 3.05) is 6.61 Å². The topological polar surface area (TPSA) is 99.0 Å². The van der Waals surface area contributed by atoms with Gasteiger partial charge in [-0.2, -0.15) is 0 Å². The van der Waals surface area contributed by atoms with Crippen LogP contribution in [0, 0.1) is 10.1 Å². The highest BCUT2D eigenvalue weighted by Gasteiger charge is 2.35. The van der Waals surface area contributed by atoms with Crippen LogP contribution in [0.3, 0.4) is 0 Å². The van der Waals surface area contributed by atoms with Crippen LogP contribution in [0.2, 0.25) is 5.02 Å². The quantitative estimate of drug-likeness (QED) is 0.180. The molecular formula is C26H21ClN2O6S. The van der Waals surface area contributed by atoms with Crippen molar-refractivity contribution < 1.29 is 24.0 Å². The van der Waals surface area contributed by atoms with Crippen LogP contribution in [-0.4, -0.2) is 27.6 Å². The molecular weight excluding hydrogens is 504 g/mol. The molecule has 0 N–H and O–H groups in total. The van der Waals surface area contributed by atoms with E-state index in [-0.39, 0.29) is 23.7 Å². The molecule has 2 amide bonds. The second-order valence-electron chi connectivity index (χ2n) is 7.71. The molecule has 1 aliphatic rings. The Morgan fingerprint density at radius 3 is 2.47 bits per heavy atom. The molecule has 10 heteroatoms. The van der Waals surface area contributed by atoms with Gasteiger partial charge in [-0.3, -0.25) is 24.6 Å². The van der Waals surface area contributed by atoms with Gasteiger partial charge in [-0.25, -0.2) is 0 Å². The maximum Gasteiger partial charge on any atom is 0.293 e. The lowest BCUT2D eigenvalue weighted by Crippen LogP contribution is -2.27. The fourth-order valence-electron chi connectivity index (χ4n) is 3.47. The lowest BCUT2D eigenvalue weighted by Gasteiger charge is -2.13. The van der Waals surface area contributed by atoms with Gasteiger partial charge in [0.05, 0.1) is 23.0 Å². The van der Waals surface area contributed by atoms with Crippen molar-refractivity contribution in [1.82, 2.24) is 4.90 Å². The summed E-state index contributed by atoms with van der Waals surface area (Å²) >= 11 is 7.05. The van der Waals surface area contributed by atoms with E-state index < -0.39 is 16.1 Å². The first-order chi connectivity index (χ1) is 17.4. The molecule has 36 heavy (non-hydrogen) atoms. The van der Waals surface area contributed by atoms with E-state index in [4.69, 9.17) is 21.1 Å². The van der Waals surface area contributed by atoms with Crippen molar-refractivity contribution in [2.45, 2.75) is 20.1 Å². The van der Waals surface area contributed by atoms with Crippen LogP contribution >= 0.6 is 23.4 Å². The molecule has 1 aliphatic heterocycles. The molecule has 0 radical (unpaired) electrons. The van der Waals surface area contributed by atoms with Gasteiger partial charge in [0.15, 0.2) is 11.5 Å². The first-order valence-electron chi connectivity index (χ1n) is 11.0. The largest absolute Gasteiger partial charge is 0.490 e. The summed E-state index contributed by atoms with van der Waals surface area (Å²) in [5.41, 5.74) is 2.07. The summed E-state index contributed by atoms with van der Waals surface area (Å²) in [5.74, 6) is 0.601. The zero-order chi connectivity index (χ0) is 25.7. The predicted molar refractivity (Wildman–Crippen MR) is 138 cm³/mol. The number of thioether (sulfide) groups is 1. The third kappa shape index (κ3) is 5.87. The number of carbonyl (C=O) groups is 2. The van der Waals surface area contributed by atoms with Crippen molar-refractivity contribution in [1.29, 1.82) is 0 Å².